The van der Waals surface area contributed by atoms with Crippen LogP contribution in [0.1, 0.15) is 12.0 Å². The van der Waals surface area contributed by atoms with Crippen LogP contribution in [0.2, 0.25) is 0 Å². The maximum Gasteiger partial charge on any atom is 0.255 e. The van der Waals surface area contributed by atoms with Gasteiger partial charge in [-0.1, -0.05) is 24.3 Å². The second-order valence-electron chi connectivity index (χ2n) is 7.40. The number of carbonyl (C=O) groups is 2. The average Bonchev–Trinajstić information content (AvgIpc) is 3.06. The molecule has 2 amide bonds. The topological polar surface area (TPSA) is 105 Å². The molecule has 0 radical (unpaired) electrons. The van der Waals surface area contributed by atoms with E-state index in [1.807, 2.05) is 41.3 Å². The van der Waals surface area contributed by atoms with Crippen LogP contribution in [0.25, 0.3) is 17.1 Å². The average molecular weight is 419 g/mol. The maximum absolute atomic E-state index is 12.7. The molecule has 1 fully saturated rings. The standard InChI is InChI=1S/C23H25N5O3/c24-21(29)16-31-18-9-6-17(7-10-18)8-11-22(30)27-12-3-13-28(15-14-27)23-25-19-4-1-2-5-20(19)26-23/h1-2,4-11H,3,12-16H2,(H2,24,29)(H,25,26)/b11-8+. The van der Waals surface area contributed by atoms with Crippen molar-refractivity contribution in [2.45, 2.75) is 6.42 Å². The number of imidazole rings is 1. The smallest absolute Gasteiger partial charge is 0.255 e. The predicted molar refractivity (Wildman–Crippen MR) is 120 cm³/mol. The molecule has 0 bridgehead atoms. The molecule has 160 valence electrons. The van der Waals surface area contributed by atoms with Crippen molar-refractivity contribution in [2.24, 2.45) is 5.73 Å². The van der Waals surface area contributed by atoms with Crippen LogP contribution in [-0.2, 0) is 9.59 Å². The van der Waals surface area contributed by atoms with Crippen molar-refractivity contribution >= 4 is 34.9 Å². The number of para-hydroxylation sites is 2. The van der Waals surface area contributed by atoms with Gasteiger partial charge in [-0.15, -0.1) is 0 Å². The lowest BCUT2D eigenvalue weighted by Crippen LogP contribution is -2.34. The molecule has 0 unspecified atom stereocenters. The number of H-pyrrole nitrogens is 1. The highest BCUT2D eigenvalue weighted by molar-refractivity contribution is 5.91. The van der Waals surface area contributed by atoms with Crippen molar-refractivity contribution < 1.29 is 14.3 Å². The van der Waals surface area contributed by atoms with Gasteiger partial charge in [0.1, 0.15) is 5.75 Å². The van der Waals surface area contributed by atoms with E-state index in [0.29, 0.717) is 18.8 Å². The monoisotopic (exact) mass is 419 g/mol. The summed E-state index contributed by atoms with van der Waals surface area (Å²) in [5.74, 6) is 0.872. The molecule has 2 heterocycles. The third-order valence-electron chi connectivity index (χ3n) is 5.16. The Morgan fingerprint density at radius 1 is 1.06 bits per heavy atom. The van der Waals surface area contributed by atoms with Crippen LogP contribution in [0, 0.1) is 0 Å². The van der Waals surface area contributed by atoms with Gasteiger partial charge in [0, 0.05) is 32.3 Å². The van der Waals surface area contributed by atoms with Crippen molar-refractivity contribution in [1.29, 1.82) is 0 Å². The summed E-state index contributed by atoms with van der Waals surface area (Å²) >= 11 is 0. The van der Waals surface area contributed by atoms with Gasteiger partial charge in [0.25, 0.3) is 5.91 Å². The minimum absolute atomic E-state index is 0.0134. The molecule has 3 N–H and O–H groups in total. The minimum atomic E-state index is -0.522. The molecule has 8 nitrogen and oxygen atoms in total. The molecule has 1 aromatic heterocycles. The number of nitrogens with one attached hydrogen (secondary N) is 1. The summed E-state index contributed by atoms with van der Waals surface area (Å²) in [6.45, 7) is 2.76. The largest absolute Gasteiger partial charge is 0.484 e. The van der Waals surface area contributed by atoms with Gasteiger partial charge in [-0.25, -0.2) is 4.98 Å². The van der Waals surface area contributed by atoms with E-state index in [2.05, 4.69) is 14.9 Å². The van der Waals surface area contributed by atoms with Crippen LogP contribution < -0.4 is 15.4 Å². The first kappa shape index (κ1) is 20.5. The minimum Gasteiger partial charge on any atom is -0.484 e. The second-order valence-corrected chi connectivity index (χ2v) is 7.40. The van der Waals surface area contributed by atoms with E-state index in [1.165, 1.54) is 0 Å². The first-order valence-corrected chi connectivity index (χ1v) is 10.3. The number of hydrogen-bond donors (Lipinski definition) is 2. The summed E-state index contributed by atoms with van der Waals surface area (Å²) in [6.07, 6.45) is 4.25. The van der Waals surface area contributed by atoms with E-state index in [9.17, 15) is 9.59 Å². The van der Waals surface area contributed by atoms with Gasteiger partial charge < -0.3 is 25.3 Å². The zero-order chi connectivity index (χ0) is 21.6. The van der Waals surface area contributed by atoms with Gasteiger partial charge in [-0.3, -0.25) is 9.59 Å². The molecule has 2 aromatic carbocycles. The highest BCUT2D eigenvalue weighted by Crippen LogP contribution is 2.19. The Labute approximate surface area is 180 Å². The summed E-state index contributed by atoms with van der Waals surface area (Å²) in [5, 5.41) is 0. The van der Waals surface area contributed by atoms with E-state index >= 15 is 0 Å². The number of nitrogens with two attached hydrogens (primary N) is 1. The maximum atomic E-state index is 12.7. The molecule has 8 heteroatoms. The number of aromatic amines is 1. The third-order valence-corrected chi connectivity index (χ3v) is 5.16. The molecule has 1 aliphatic heterocycles. The van der Waals surface area contributed by atoms with Crippen molar-refractivity contribution in [3.63, 3.8) is 0 Å². The Hall–Kier alpha value is -3.81. The molecule has 0 spiro atoms. The van der Waals surface area contributed by atoms with E-state index in [4.69, 9.17) is 10.5 Å². The summed E-state index contributed by atoms with van der Waals surface area (Å²) in [4.78, 5) is 35.5. The van der Waals surface area contributed by atoms with Gasteiger partial charge in [-0.05, 0) is 42.3 Å². The van der Waals surface area contributed by atoms with E-state index in [1.54, 1.807) is 24.3 Å². The van der Waals surface area contributed by atoms with Crippen LogP contribution in [0.15, 0.2) is 54.6 Å². The molecule has 3 aromatic rings. The number of fused-ring (bicyclic) bond motifs is 1. The Balaban J connectivity index is 1.33. The number of ether oxygens (including phenoxy) is 1. The van der Waals surface area contributed by atoms with Crippen molar-refractivity contribution in [2.75, 3.05) is 37.7 Å². The number of rotatable bonds is 6. The molecule has 31 heavy (non-hydrogen) atoms. The third kappa shape index (κ3) is 5.22. The molecule has 0 aliphatic carbocycles. The summed E-state index contributed by atoms with van der Waals surface area (Å²) in [6, 6.07) is 15.1. The quantitative estimate of drug-likeness (QED) is 0.596. The van der Waals surface area contributed by atoms with Crippen molar-refractivity contribution in [3.8, 4) is 5.75 Å². The van der Waals surface area contributed by atoms with Crippen LogP contribution in [0.4, 0.5) is 5.95 Å². The predicted octanol–water partition coefficient (Wildman–Crippen LogP) is 2.18. The Morgan fingerprint density at radius 2 is 1.87 bits per heavy atom. The molecule has 0 atom stereocenters. The Bertz CT molecular complexity index is 1060. The summed E-state index contributed by atoms with van der Waals surface area (Å²) in [5.41, 5.74) is 7.91. The van der Waals surface area contributed by atoms with Crippen LogP contribution in [0.5, 0.6) is 5.75 Å². The zero-order valence-electron chi connectivity index (χ0n) is 17.2. The first-order chi connectivity index (χ1) is 15.1. The highest BCUT2D eigenvalue weighted by atomic mass is 16.5. The number of primary amides is 1. The number of amides is 2. The number of benzene rings is 2. The van der Waals surface area contributed by atoms with Gasteiger partial charge in [-0.2, -0.15) is 0 Å². The van der Waals surface area contributed by atoms with E-state index < -0.39 is 5.91 Å². The van der Waals surface area contributed by atoms with Gasteiger partial charge in [0.2, 0.25) is 11.9 Å². The number of carbonyl (C=O) groups excluding carboxylic acids is 2. The molecule has 4 rings (SSSR count). The van der Waals surface area contributed by atoms with Crippen LogP contribution >= 0.6 is 0 Å². The normalized spacial score (nSPS) is 14.7. The van der Waals surface area contributed by atoms with E-state index in [-0.39, 0.29) is 12.5 Å². The lowest BCUT2D eigenvalue weighted by Gasteiger charge is -2.20. The number of hydrogen-bond acceptors (Lipinski definition) is 5. The zero-order valence-corrected chi connectivity index (χ0v) is 17.2. The Kier molecular flexibility index (Phi) is 6.16. The lowest BCUT2D eigenvalue weighted by molar-refractivity contribution is -0.125. The fraction of sp³-hybridized carbons (Fsp3) is 0.261. The summed E-state index contributed by atoms with van der Waals surface area (Å²) in [7, 11) is 0. The first-order valence-electron chi connectivity index (χ1n) is 10.3. The number of aromatic nitrogens is 2. The van der Waals surface area contributed by atoms with E-state index in [0.717, 1.165) is 42.1 Å². The number of nitrogens with zero attached hydrogens (tertiary/aromatic N) is 3. The Morgan fingerprint density at radius 3 is 2.65 bits per heavy atom. The SMILES string of the molecule is NC(=O)COc1ccc(/C=C/C(=O)N2CCCN(c3nc4ccccc4[nH]3)CC2)cc1. The molecular weight excluding hydrogens is 394 g/mol. The number of anilines is 1. The van der Waals surface area contributed by atoms with Gasteiger partial charge in [0.15, 0.2) is 6.61 Å². The lowest BCUT2D eigenvalue weighted by atomic mass is 10.2. The molecule has 1 aliphatic rings. The second kappa shape index (κ2) is 9.34. The molecular formula is C23H25N5O3. The molecule has 0 saturated carbocycles. The fourth-order valence-corrected chi connectivity index (χ4v) is 3.54. The molecule has 1 saturated heterocycles. The fourth-order valence-electron chi connectivity index (χ4n) is 3.54. The van der Waals surface area contributed by atoms with Crippen molar-refractivity contribution in [3.05, 3.63) is 60.2 Å². The van der Waals surface area contributed by atoms with Crippen molar-refractivity contribution in [1.82, 2.24) is 14.9 Å². The van der Waals surface area contributed by atoms with Gasteiger partial charge in [0.05, 0.1) is 11.0 Å². The van der Waals surface area contributed by atoms with Crippen LogP contribution in [0.3, 0.4) is 0 Å². The summed E-state index contributed by atoms with van der Waals surface area (Å²) < 4.78 is 5.24. The van der Waals surface area contributed by atoms with Gasteiger partial charge >= 0.3 is 0 Å². The highest BCUT2D eigenvalue weighted by Gasteiger charge is 2.19. The van der Waals surface area contributed by atoms with Crippen LogP contribution in [-0.4, -0.2) is 59.5 Å².